The third-order valence-electron chi connectivity index (χ3n) is 3.07. The van der Waals surface area contributed by atoms with Crippen molar-refractivity contribution < 1.29 is 14.1 Å². The SMILES string of the molecule is Cc1c(F)ccc([N+](=O)[O-])c1C(=O)Nc1nnc(CC(C)C)s1. The average Bonchev–Trinajstić information content (AvgIpc) is 2.87. The van der Waals surface area contributed by atoms with Gasteiger partial charge in [-0.3, -0.25) is 20.2 Å². The molecule has 0 radical (unpaired) electrons. The highest BCUT2D eigenvalue weighted by Crippen LogP contribution is 2.26. The number of halogens is 1. The molecule has 0 bridgehead atoms. The largest absolute Gasteiger partial charge is 0.296 e. The Hall–Kier alpha value is -2.42. The molecule has 0 unspecified atom stereocenters. The molecule has 122 valence electrons. The van der Waals surface area contributed by atoms with Gasteiger partial charge in [-0.2, -0.15) is 0 Å². The van der Waals surface area contributed by atoms with Crippen molar-refractivity contribution in [2.45, 2.75) is 27.2 Å². The summed E-state index contributed by atoms with van der Waals surface area (Å²) in [6.07, 6.45) is 0.715. The van der Waals surface area contributed by atoms with Gasteiger partial charge >= 0.3 is 0 Å². The van der Waals surface area contributed by atoms with E-state index in [0.29, 0.717) is 12.3 Å². The molecule has 1 aromatic heterocycles. The summed E-state index contributed by atoms with van der Waals surface area (Å²) >= 11 is 1.19. The number of nitro groups is 1. The minimum atomic E-state index is -0.777. The zero-order valence-corrected chi connectivity index (χ0v) is 13.6. The zero-order chi connectivity index (χ0) is 17.1. The van der Waals surface area contributed by atoms with Gasteiger partial charge in [0, 0.05) is 18.1 Å². The van der Waals surface area contributed by atoms with E-state index in [4.69, 9.17) is 0 Å². The monoisotopic (exact) mass is 338 g/mol. The smallest absolute Gasteiger partial charge is 0.282 e. The van der Waals surface area contributed by atoms with E-state index in [1.807, 2.05) is 13.8 Å². The Balaban J connectivity index is 2.29. The van der Waals surface area contributed by atoms with E-state index in [1.54, 1.807) is 0 Å². The lowest BCUT2D eigenvalue weighted by molar-refractivity contribution is -0.385. The Labute approximate surface area is 135 Å². The van der Waals surface area contributed by atoms with Crippen LogP contribution in [0.25, 0.3) is 0 Å². The van der Waals surface area contributed by atoms with Crippen LogP contribution in [0, 0.1) is 28.8 Å². The molecule has 2 rings (SSSR count). The van der Waals surface area contributed by atoms with Crippen molar-refractivity contribution in [2.75, 3.05) is 5.32 Å². The van der Waals surface area contributed by atoms with Crippen molar-refractivity contribution >= 4 is 28.1 Å². The highest BCUT2D eigenvalue weighted by molar-refractivity contribution is 7.15. The Bertz CT molecular complexity index is 760. The van der Waals surface area contributed by atoms with E-state index in [2.05, 4.69) is 15.5 Å². The van der Waals surface area contributed by atoms with Crippen molar-refractivity contribution in [3.63, 3.8) is 0 Å². The maximum absolute atomic E-state index is 13.6. The minimum absolute atomic E-state index is 0.0800. The Morgan fingerprint density at radius 2 is 2.13 bits per heavy atom. The molecule has 0 fully saturated rings. The number of anilines is 1. The van der Waals surface area contributed by atoms with Crippen molar-refractivity contribution in [3.05, 3.63) is 44.2 Å². The van der Waals surface area contributed by atoms with E-state index in [0.717, 1.165) is 17.1 Å². The molecule has 2 aromatic rings. The number of aromatic nitrogens is 2. The molecule has 1 N–H and O–H groups in total. The second kappa shape index (κ2) is 6.78. The van der Waals surface area contributed by atoms with Crippen LogP contribution in [-0.2, 0) is 6.42 Å². The highest BCUT2D eigenvalue weighted by Gasteiger charge is 2.25. The molecule has 0 aliphatic rings. The second-order valence-electron chi connectivity index (χ2n) is 5.38. The molecule has 1 amide bonds. The maximum atomic E-state index is 13.6. The van der Waals surface area contributed by atoms with Gasteiger partial charge in [0.05, 0.1) is 4.92 Å². The van der Waals surface area contributed by atoms with E-state index >= 15 is 0 Å². The van der Waals surface area contributed by atoms with Crippen LogP contribution in [0.15, 0.2) is 12.1 Å². The molecule has 9 heteroatoms. The van der Waals surface area contributed by atoms with Gasteiger partial charge < -0.3 is 0 Å². The number of hydrogen-bond donors (Lipinski definition) is 1. The summed E-state index contributed by atoms with van der Waals surface area (Å²) in [4.78, 5) is 22.6. The van der Waals surface area contributed by atoms with E-state index < -0.39 is 22.3 Å². The lowest BCUT2D eigenvalue weighted by Crippen LogP contribution is -2.16. The van der Waals surface area contributed by atoms with Crippen LogP contribution in [0.4, 0.5) is 15.2 Å². The fourth-order valence-corrected chi connectivity index (χ4v) is 2.95. The summed E-state index contributed by atoms with van der Waals surface area (Å²) < 4.78 is 13.6. The van der Waals surface area contributed by atoms with Crippen LogP contribution in [0.2, 0.25) is 0 Å². The predicted octanol–water partition coefficient (Wildman–Crippen LogP) is 3.34. The van der Waals surface area contributed by atoms with Crippen molar-refractivity contribution in [1.82, 2.24) is 10.2 Å². The highest BCUT2D eigenvalue weighted by atomic mass is 32.1. The van der Waals surface area contributed by atoms with Crippen molar-refractivity contribution in [1.29, 1.82) is 0 Å². The van der Waals surface area contributed by atoms with Gasteiger partial charge in [0.15, 0.2) is 0 Å². The van der Waals surface area contributed by atoms with Crippen LogP contribution in [0.1, 0.15) is 34.8 Å². The quantitative estimate of drug-likeness (QED) is 0.666. The van der Waals surface area contributed by atoms with E-state index in [1.165, 1.54) is 18.3 Å². The standard InChI is InChI=1S/C14H15FN4O3S/c1-7(2)6-11-17-18-14(23-11)16-13(20)12-8(3)9(15)4-5-10(12)19(21)22/h4-5,7H,6H2,1-3H3,(H,16,18,20). The molecule has 0 spiro atoms. The van der Waals surface area contributed by atoms with Gasteiger partial charge in [0.1, 0.15) is 16.4 Å². The summed E-state index contributed by atoms with van der Waals surface area (Å²) in [6.45, 7) is 5.37. The number of carbonyl (C=O) groups excluding carboxylic acids is 1. The number of amides is 1. The molecule has 0 aliphatic carbocycles. The van der Waals surface area contributed by atoms with Crippen LogP contribution >= 0.6 is 11.3 Å². The van der Waals surface area contributed by atoms with Crippen LogP contribution < -0.4 is 5.32 Å². The molecule has 0 saturated heterocycles. The van der Waals surface area contributed by atoms with Crippen LogP contribution in [-0.4, -0.2) is 21.0 Å². The molecule has 0 aliphatic heterocycles. The van der Waals surface area contributed by atoms with Gasteiger partial charge in [0.2, 0.25) is 5.13 Å². The molecule has 0 saturated carbocycles. The van der Waals surface area contributed by atoms with Gasteiger partial charge in [0.25, 0.3) is 11.6 Å². The van der Waals surface area contributed by atoms with Gasteiger partial charge in [-0.05, 0) is 18.9 Å². The average molecular weight is 338 g/mol. The zero-order valence-electron chi connectivity index (χ0n) is 12.8. The summed E-state index contributed by atoms with van der Waals surface area (Å²) in [5.74, 6) is -1.07. The second-order valence-corrected chi connectivity index (χ2v) is 6.44. The number of nitrogens with one attached hydrogen (secondary N) is 1. The fraction of sp³-hybridized carbons (Fsp3) is 0.357. The van der Waals surface area contributed by atoms with Crippen molar-refractivity contribution in [2.24, 2.45) is 5.92 Å². The lowest BCUT2D eigenvalue weighted by Gasteiger charge is -2.06. The van der Waals surface area contributed by atoms with Crippen LogP contribution in [0.5, 0.6) is 0 Å². The Morgan fingerprint density at radius 1 is 1.43 bits per heavy atom. The molecular formula is C14H15FN4O3S. The summed E-state index contributed by atoms with van der Waals surface area (Å²) in [5, 5.41) is 22.3. The first-order valence-corrected chi connectivity index (χ1v) is 7.68. The number of carbonyl (C=O) groups is 1. The van der Waals surface area contributed by atoms with Gasteiger partial charge in [-0.25, -0.2) is 4.39 Å². The molecule has 23 heavy (non-hydrogen) atoms. The first kappa shape index (κ1) is 16.9. The number of nitrogens with zero attached hydrogens (tertiary/aromatic N) is 3. The minimum Gasteiger partial charge on any atom is -0.296 e. The molecule has 1 aromatic carbocycles. The third-order valence-corrected chi connectivity index (χ3v) is 3.93. The van der Waals surface area contributed by atoms with Crippen molar-refractivity contribution in [3.8, 4) is 0 Å². The predicted molar refractivity (Wildman–Crippen MR) is 84.2 cm³/mol. The topological polar surface area (TPSA) is 98.0 Å². The number of rotatable bonds is 5. The summed E-state index contributed by atoms with van der Waals surface area (Å²) in [6, 6.07) is 1.94. The van der Waals surface area contributed by atoms with Gasteiger partial charge in [-0.15, -0.1) is 10.2 Å². The first-order valence-electron chi connectivity index (χ1n) is 6.86. The number of nitro benzene ring substituents is 1. The first-order chi connectivity index (χ1) is 10.8. The van der Waals surface area contributed by atoms with E-state index in [9.17, 15) is 19.3 Å². The normalized spacial score (nSPS) is 10.8. The third kappa shape index (κ3) is 3.86. The summed E-state index contributed by atoms with van der Waals surface area (Å²) in [5.41, 5.74) is -0.840. The molecule has 7 nitrogen and oxygen atoms in total. The van der Waals surface area contributed by atoms with Crippen LogP contribution in [0.3, 0.4) is 0 Å². The maximum Gasteiger partial charge on any atom is 0.282 e. The molecule has 0 atom stereocenters. The Morgan fingerprint density at radius 3 is 2.74 bits per heavy atom. The summed E-state index contributed by atoms with van der Waals surface area (Å²) in [7, 11) is 0. The van der Waals surface area contributed by atoms with Gasteiger partial charge in [-0.1, -0.05) is 25.2 Å². The number of hydrogen-bond acceptors (Lipinski definition) is 6. The molecule has 1 heterocycles. The fourth-order valence-electron chi connectivity index (χ4n) is 2.01. The number of benzene rings is 1. The van der Waals surface area contributed by atoms with E-state index in [-0.39, 0.29) is 16.3 Å². The Kier molecular flexibility index (Phi) is 4.99. The lowest BCUT2D eigenvalue weighted by atomic mass is 10.1. The molecular weight excluding hydrogens is 323 g/mol.